The maximum Gasteiger partial charge on any atom is 0.234 e. The second kappa shape index (κ2) is 5.99. The minimum absolute atomic E-state index is 0.0784. The zero-order valence-electron chi connectivity index (χ0n) is 11.4. The van der Waals surface area contributed by atoms with Gasteiger partial charge in [-0.25, -0.2) is 0 Å². The zero-order chi connectivity index (χ0) is 13.1. The van der Waals surface area contributed by atoms with E-state index in [1.165, 1.54) is 12.8 Å². The molecule has 1 amide bonds. The Labute approximate surface area is 109 Å². The largest absolute Gasteiger partial charge is 0.391 e. The van der Waals surface area contributed by atoms with Crippen molar-refractivity contribution < 1.29 is 9.90 Å². The van der Waals surface area contributed by atoms with E-state index in [0.717, 1.165) is 6.54 Å². The van der Waals surface area contributed by atoms with Crippen molar-refractivity contribution in [2.75, 3.05) is 26.2 Å². The van der Waals surface area contributed by atoms with Crippen LogP contribution in [0.15, 0.2) is 0 Å². The lowest BCUT2D eigenvalue weighted by Crippen LogP contribution is -2.44. The van der Waals surface area contributed by atoms with Crippen LogP contribution in [-0.2, 0) is 4.79 Å². The fourth-order valence-electron chi connectivity index (χ4n) is 2.95. The minimum Gasteiger partial charge on any atom is -0.391 e. The van der Waals surface area contributed by atoms with Crippen LogP contribution in [-0.4, -0.2) is 60.3 Å². The molecule has 3 N–H and O–H groups in total. The van der Waals surface area contributed by atoms with E-state index >= 15 is 0 Å². The smallest absolute Gasteiger partial charge is 0.234 e. The number of amides is 1. The van der Waals surface area contributed by atoms with Crippen LogP contribution in [0.2, 0.25) is 0 Å². The van der Waals surface area contributed by atoms with Gasteiger partial charge in [-0.3, -0.25) is 9.69 Å². The summed E-state index contributed by atoms with van der Waals surface area (Å²) in [7, 11) is 0. The Kier molecular flexibility index (Phi) is 4.59. The number of carbonyl (C=O) groups is 1. The summed E-state index contributed by atoms with van der Waals surface area (Å²) in [5.41, 5.74) is 0. The third-order valence-electron chi connectivity index (χ3n) is 4.33. The average molecular weight is 255 g/mol. The first-order chi connectivity index (χ1) is 8.58. The van der Waals surface area contributed by atoms with E-state index in [1.807, 2.05) is 0 Å². The Morgan fingerprint density at radius 3 is 2.56 bits per heavy atom. The molecular formula is C13H25N3O2. The Morgan fingerprint density at radius 1 is 1.33 bits per heavy atom. The van der Waals surface area contributed by atoms with E-state index in [0.29, 0.717) is 31.7 Å². The molecule has 0 aromatic carbocycles. The highest BCUT2D eigenvalue weighted by atomic mass is 16.3. The number of rotatable bonds is 4. The molecule has 5 nitrogen and oxygen atoms in total. The van der Waals surface area contributed by atoms with Crippen LogP contribution in [0.5, 0.6) is 0 Å². The molecule has 0 aromatic heterocycles. The fraction of sp³-hybridized carbons (Fsp3) is 0.923. The molecule has 2 rings (SSSR count). The molecule has 4 unspecified atom stereocenters. The summed E-state index contributed by atoms with van der Waals surface area (Å²) in [5.74, 6) is 0.233. The third kappa shape index (κ3) is 3.22. The van der Waals surface area contributed by atoms with Gasteiger partial charge in [-0.15, -0.1) is 0 Å². The van der Waals surface area contributed by atoms with Gasteiger partial charge in [0.25, 0.3) is 0 Å². The first-order valence-corrected chi connectivity index (χ1v) is 6.99. The van der Waals surface area contributed by atoms with Crippen LogP contribution in [0, 0.1) is 5.92 Å². The van der Waals surface area contributed by atoms with Gasteiger partial charge in [0.2, 0.25) is 5.91 Å². The number of aliphatic hydroxyl groups is 1. The molecule has 0 radical (unpaired) electrons. The monoisotopic (exact) mass is 255 g/mol. The first-order valence-electron chi connectivity index (χ1n) is 6.99. The topological polar surface area (TPSA) is 64.6 Å². The number of nitrogens with zero attached hydrogens (tertiary/aromatic N) is 1. The van der Waals surface area contributed by atoms with Gasteiger partial charge in [-0.2, -0.15) is 0 Å². The number of carbonyl (C=O) groups excluding carboxylic acids is 1. The summed E-state index contributed by atoms with van der Waals surface area (Å²) in [4.78, 5) is 14.2. The van der Waals surface area contributed by atoms with Gasteiger partial charge in [-0.1, -0.05) is 0 Å². The molecule has 0 bridgehead atoms. The molecular weight excluding hydrogens is 230 g/mol. The van der Waals surface area contributed by atoms with Crippen molar-refractivity contribution in [1.82, 2.24) is 15.5 Å². The van der Waals surface area contributed by atoms with Crippen LogP contribution in [0.1, 0.15) is 26.7 Å². The highest BCUT2D eigenvalue weighted by Crippen LogP contribution is 2.22. The molecule has 2 aliphatic rings. The van der Waals surface area contributed by atoms with Crippen molar-refractivity contribution in [3.8, 4) is 0 Å². The minimum atomic E-state index is -0.324. The number of hydrogen-bond donors (Lipinski definition) is 3. The van der Waals surface area contributed by atoms with Crippen LogP contribution in [0.3, 0.4) is 0 Å². The lowest BCUT2D eigenvalue weighted by molar-refractivity contribution is -0.123. The van der Waals surface area contributed by atoms with E-state index in [2.05, 4.69) is 29.4 Å². The van der Waals surface area contributed by atoms with Crippen molar-refractivity contribution in [1.29, 1.82) is 0 Å². The average Bonchev–Trinajstić information content (AvgIpc) is 2.87. The molecule has 2 saturated heterocycles. The molecule has 2 fully saturated rings. The molecule has 2 heterocycles. The van der Waals surface area contributed by atoms with Crippen LogP contribution >= 0.6 is 0 Å². The van der Waals surface area contributed by atoms with E-state index < -0.39 is 0 Å². The van der Waals surface area contributed by atoms with Gasteiger partial charge >= 0.3 is 0 Å². The van der Waals surface area contributed by atoms with Crippen molar-refractivity contribution in [3.05, 3.63) is 0 Å². The Hall–Kier alpha value is -0.650. The van der Waals surface area contributed by atoms with E-state index in [1.54, 1.807) is 0 Å². The predicted octanol–water partition coefficient (Wildman–Crippen LogP) is -0.444. The standard InChI is InChI=1S/C13H25N3O2/c1-9-3-4-10(2)16(9)8-13(18)15-6-11-5-14-7-12(11)17/h9-12,14,17H,3-8H2,1-2H3,(H,15,18). The maximum absolute atomic E-state index is 11.9. The summed E-state index contributed by atoms with van der Waals surface area (Å²) < 4.78 is 0. The van der Waals surface area contributed by atoms with Crippen molar-refractivity contribution in [2.24, 2.45) is 5.92 Å². The summed E-state index contributed by atoms with van der Waals surface area (Å²) in [6, 6.07) is 1.01. The second-order valence-electron chi connectivity index (χ2n) is 5.74. The van der Waals surface area contributed by atoms with Gasteiger partial charge < -0.3 is 15.7 Å². The molecule has 5 heteroatoms. The number of likely N-dealkylation sites (tertiary alicyclic amines) is 1. The number of nitrogens with one attached hydrogen (secondary N) is 2. The summed E-state index contributed by atoms with van der Waals surface area (Å²) in [6.45, 7) is 6.85. The predicted molar refractivity (Wildman–Crippen MR) is 70.2 cm³/mol. The van der Waals surface area contributed by atoms with E-state index in [9.17, 15) is 9.90 Å². The Morgan fingerprint density at radius 2 is 2.00 bits per heavy atom. The first kappa shape index (κ1) is 13.8. The van der Waals surface area contributed by atoms with Crippen LogP contribution in [0.25, 0.3) is 0 Å². The summed E-state index contributed by atoms with van der Waals surface area (Å²) in [6.07, 6.45) is 2.04. The fourth-order valence-corrected chi connectivity index (χ4v) is 2.95. The zero-order valence-corrected chi connectivity index (χ0v) is 11.4. The van der Waals surface area contributed by atoms with Crippen LogP contribution in [0.4, 0.5) is 0 Å². The van der Waals surface area contributed by atoms with Gasteiger partial charge in [0.05, 0.1) is 12.6 Å². The summed E-state index contributed by atoms with van der Waals surface area (Å²) >= 11 is 0. The van der Waals surface area contributed by atoms with Gasteiger partial charge in [-0.05, 0) is 26.7 Å². The molecule has 0 saturated carbocycles. The van der Waals surface area contributed by atoms with Crippen molar-refractivity contribution >= 4 is 5.91 Å². The molecule has 0 aliphatic carbocycles. The third-order valence-corrected chi connectivity index (χ3v) is 4.33. The van der Waals surface area contributed by atoms with E-state index in [4.69, 9.17) is 0 Å². The van der Waals surface area contributed by atoms with Crippen molar-refractivity contribution in [2.45, 2.75) is 44.9 Å². The molecule has 104 valence electrons. The SMILES string of the molecule is CC1CCC(C)N1CC(=O)NCC1CNCC1O. The van der Waals surface area contributed by atoms with Crippen LogP contribution < -0.4 is 10.6 Å². The maximum atomic E-state index is 11.9. The van der Waals surface area contributed by atoms with E-state index in [-0.39, 0.29) is 17.9 Å². The Balaban J connectivity index is 1.71. The lowest BCUT2D eigenvalue weighted by atomic mass is 10.1. The highest BCUT2D eigenvalue weighted by molar-refractivity contribution is 5.78. The number of hydrogen-bond acceptors (Lipinski definition) is 4. The molecule has 2 aliphatic heterocycles. The Bertz CT molecular complexity index is 288. The van der Waals surface area contributed by atoms with Crippen molar-refractivity contribution in [3.63, 3.8) is 0 Å². The van der Waals surface area contributed by atoms with Gasteiger partial charge in [0.15, 0.2) is 0 Å². The second-order valence-corrected chi connectivity index (χ2v) is 5.74. The highest BCUT2D eigenvalue weighted by Gasteiger charge is 2.29. The lowest BCUT2D eigenvalue weighted by Gasteiger charge is -2.25. The summed E-state index contributed by atoms with van der Waals surface area (Å²) in [5, 5.41) is 15.7. The quantitative estimate of drug-likeness (QED) is 0.637. The molecule has 0 spiro atoms. The molecule has 0 aromatic rings. The normalized spacial score (nSPS) is 37.1. The number of aliphatic hydroxyl groups excluding tert-OH is 1. The molecule has 18 heavy (non-hydrogen) atoms. The van der Waals surface area contributed by atoms with Gasteiger partial charge in [0, 0.05) is 37.6 Å². The number of β-amino-alcohol motifs (C(OH)–C–C–N with tert-alkyl or cyclic N) is 1. The van der Waals surface area contributed by atoms with Gasteiger partial charge in [0.1, 0.15) is 0 Å². The molecule has 4 atom stereocenters.